The molecule has 1 fully saturated rings. The molecular weight excluding hydrogens is 384 g/mol. The number of nitrogens with zero attached hydrogens (tertiary/aromatic N) is 2. The van der Waals surface area contributed by atoms with Crippen molar-refractivity contribution in [3.05, 3.63) is 76.8 Å². The van der Waals surface area contributed by atoms with E-state index in [-0.39, 0.29) is 13.0 Å². The average molecular weight is 408 g/mol. The van der Waals surface area contributed by atoms with Crippen LogP contribution in [0.25, 0.3) is 0 Å². The molecule has 0 saturated carbocycles. The van der Waals surface area contributed by atoms with Crippen molar-refractivity contribution < 1.29 is 14.9 Å². The van der Waals surface area contributed by atoms with Crippen LogP contribution >= 0.6 is 0 Å². The lowest BCUT2D eigenvalue weighted by molar-refractivity contribution is -0.0459. The van der Waals surface area contributed by atoms with E-state index in [4.69, 9.17) is 4.74 Å². The van der Waals surface area contributed by atoms with E-state index in [1.165, 1.54) is 4.57 Å². The summed E-state index contributed by atoms with van der Waals surface area (Å²) in [5, 5.41) is 25.8. The van der Waals surface area contributed by atoms with Gasteiger partial charge in [0.2, 0.25) is 0 Å². The molecule has 3 aromatic rings. The topological polar surface area (TPSA) is 109 Å². The molecule has 1 aliphatic heterocycles. The largest absolute Gasteiger partial charge is 0.394 e. The zero-order valence-corrected chi connectivity index (χ0v) is 16.5. The molecule has 4 N–H and O–H groups in total. The highest BCUT2D eigenvalue weighted by Gasteiger charge is 2.35. The van der Waals surface area contributed by atoms with Crippen LogP contribution in [0.4, 0.5) is 22.9 Å². The first-order chi connectivity index (χ1) is 14.5. The fraction of sp³-hybridized carbons (Fsp3) is 0.273. The first-order valence-electron chi connectivity index (χ1n) is 9.77. The smallest absolute Gasteiger partial charge is 0.351 e. The van der Waals surface area contributed by atoms with Crippen LogP contribution in [-0.4, -0.2) is 38.6 Å². The Kier molecular flexibility index (Phi) is 5.80. The van der Waals surface area contributed by atoms with E-state index in [9.17, 15) is 15.0 Å². The summed E-state index contributed by atoms with van der Waals surface area (Å²) in [7, 11) is 0. The molecule has 1 aliphatic rings. The number of hydrogen-bond donors (Lipinski definition) is 4. The number of aliphatic hydroxyl groups is 2. The second-order valence-corrected chi connectivity index (χ2v) is 7.24. The van der Waals surface area contributed by atoms with Gasteiger partial charge in [-0.2, -0.15) is 4.98 Å². The zero-order valence-electron chi connectivity index (χ0n) is 16.5. The number of anilines is 4. The number of ether oxygens (including phenoxy) is 1. The van der Waals surface area contributed by atoms with E-state index in [1.54, 1.807) is 6.20 Å². The van der Waals surface area contributed by atoms with E-state index in [1.807, 2.05) is 61.5 Å². The first kappa shape index (κ1) is 20.1. The van der Waals surface area contributed by atoms with Crippen LogP contribution < -0.4 is 16.3 Å². The fourth-order valence-electron chi connectivity index (χ4n) is 3.46. The van der Waals surface area contributed by atoms with Crippen molar-refractivity contribution in [1.29, 1.82) is 0 Å². The molecule has 3 atom stereocenters. The molecule has 0 bridgehead atoms. The van der Waals surface area contributed by atoms with Gasteiger partial charge >= 0.3 is 5.69 Å². The molecule has 2 aromatic carbocycles. The number of aliphatic hydroxyl groups excluding tert-OH is 2. The summed E-state index contributed by atoms with van der Waals surface area (Å²) in [6, 6.07) is 17.5. The molecule has 156 valence electrons. The van der Waals surface area contributed by atoms with E-state index in [0.29, 0.717) is 5.82 Å². The zero-order chi connectivity index (χ0) is 21.1. The Morgan fingerprint density at radius 1 is 1.10 bits per heavy atom. The Labute approximate surface area is 173 Å². The molecule has 2 heterocycles. The minimum Gasteiger partial charge on any atom is -0.394 e. The lowest BCUT2D eigenvalue weighted by atomic mass is 10.2. The monoisotopic (exact) mass is 408 g/mol. The quantitative estimate of drug-likeness (QED) is 0.497. The van der Waals surface area contributed by atoms with Crippen LogP contribution in [0.3, 0.4) is 0 Å². The predicted octanol–water partition coefficient (Wildman–Crippen LogP) is 2.68. The summed E-state index contributed by atoms with van der Waals surface area (Å²) in [5.41, 5.74) is 2.83. The second kappa shape index (κ2) is 8.66. The number of nitrogens with one attached hydrogen (secondary N) is 2. The third kappa shape index (κ3) is 4.20. The highest BCUT2D eigenvalue weighted by Crippen LogP contribution is 2.30. The Morgan fingerprint density at radius 3 is 2.43 bits per heavy atom. The van der Waals surface area contributed by atoms with Crippen LogP contribution in [0.15, 0.2) is 65.6 Å². The number of rotatable bonds is 6. The summed E-state index contributed by atoms with van der Waals surface area (Å²) in [4.78, 5) is 16.8. The molecule has 4 rings (SSSR count). The number of hydrogen-bond acceptors (Lipinski definition) is 7. The maximum Gasteiger partial charge on any atom is 0.351 e. The third-order valence-corrected chi connectivity index (χ3v) is 5.06. The Bertz CT molecular complexity index is 1070. The van der Waals surface area contributed by atoms with E-state index < -0.39 is 24.1 Å². The summed E-state index contributed by atoms with van der Waals surface area (Å²) < 4.78 is 6.94. The van der Waals surface area contributed by atoms with Gasteiger partial charge in [0.15, 0.2) is 0 Å². The molecule has 30 heavy (non-hydrogen) atoms. The van der Waals surface area contributed by atoms with Gasteiger partial charge in [0.25, 0.3) is 0 Å². The molecule has 8 heteroatoms. The number of benzene rings is 2. The second-order valence-electron chi connectivity index (χ2n) is 7.24. The number of aryl methyl sites for hydroxylation is 1. The maximum absolute atomic E-state index is 12.6. The summed E-state index contributed by atoms with van der Waals surface area (Å²) in [5.74, 6) is 0.441. The minimum atomic E-state index is -0.819. The molecule has 0 aliphatic carbocycles. The van der Waals surface area contributed by atoms with E-state index >= 15 is 0 Å². The van der Waals surface area contributed by atoms with E-state index in [0.717, 1.165) is 22.6 Å². The molecule has 8 nitrogen and oxygen atoms in total. The van der Waals surface area contributed by atoms with Gasteiger partial charge in [-0.15, -0.1) is 0 Å². The average Bonchev–Trinajstić information content (AvgIpc) is 3.13. The van der Waals surface area contributed by atoms with Crippen LogP contribution in [-0.2, 0) is 4.74 Å². The van der Waals surface area contributed by atoms with Crippen molar-refractivity contribution in [2.75, 3.05) is 17.2 Å². The molecule has 1 aromatic heterocycles. The minimum absolute atomic E-state index is 0.225. The van der Waals surface area contributed by atoms with Crippen LogP contribution in [0.1, 0.15) is 18.2 Å². The lowest BCUT2D eigenvalue weighted by Gasteiger charge is -2.18. The SMILES string of the molecule is Cc1cn([C@H]2C[C@H](O)[C@@H](CO)O2)c(=O)nc1Nc1ccccc1Nc1ccccc1. The van der Waals surface area contributed by atoms with Crippen molar-refractivity contribution in [2.24, 2.45) is 0 Å². The summed E-state index contributed by atoms with van der Waals surface area (Å²) >= 11 is 0. The molecule has 0 amide bonds. The van der Waals surface area contributed by atoms with Crippen LogP contribution in [0.2, 0.25) is 0 Å². The predicted molar refractivity (Wildman–Crippen MR) is 114 cm³/mol. The van der Waals surface area contributed by atoms with Gasteiger partial charge in [-0.25, -0.2) is 4.79 Å². The van der Waals surface area contributed by atoms with Crippen LogP contribution in [0.5, 0.6) is 0 Å². The van der Waals surface area contributed by atoms with Crippen molar-refractivity contribution in [3.8, 4) is 0 Å². The van der Waals surface area contributed by atoms with Gasteiger partial charge in [0, 0.05) is 23.9 Å². The summed E-state index contributed by atoms with van der Waals surface area (Å²) in [6.45, 7) is 1.54. The molecule has 0 unspecified atom stereocenters. The van der Waals surface area contributed by atoms with Crippen molar-refractivity contribution in [2.45, 2.75) is 31.8 Å². The Balaban J connectivity index is 1.58. The lowest BCUT2D eigenvalue weighted by Crippen LogP contribution is -2.28. The van der Waals surface area contributed by atoms with Gasteiger partial charge in [-0.3, -0.25) is 4.57 Å². The van der Waals surface area contributed by atoms with Crippen molar-refractivity contribution >= 4 is 22.9 Å². The fourth-order valence-corrected chi connectivity index (χ4v) is 3.46. The Morgan fingerprint density at radius 2 is 1.77 bits per heavy atom. The standard InChI is InChI=1S/C22H24N4O4/c1-14-12-26(20-11-18(28)19(13-27)30-20)22(29)25-21(14)24-17-10-6-5-9-16(17)23-15-7-3-2-4-8-15/h2-10,12,18-20,23,27-28H,11,13H2,1H3,(H,24,25,29)/t18-,19+,20+/m0/s1. The number of aromatic nitrogens is 2. The summed E-state index contributed by atoms with van der Waals surface area (Å²) in [6.07, 6.45) is -0.293. The van der Waals surface area contributed by atoms with E-state index in [2.05, 4.69) is 15.6 Å². The first-order valence-corrected chi connectivity index (χ1v) is 9.77. The number of para-hydroxylation sites is 3. The molecule has 1 saturated heterocycles. The van der Waals surface area contributed by atoms with Gasteiger partial charge in [-0.1, -0.05) is 30.3 Å². The molecular formula is C22H24N4O4. The molecule has 0 spiro atoms. The maximum atomic E-state index is 12.6. The highest BCUT2D eigenvalue weighted by molar-refractivity contribution is 5.77. The molecule has 0 radical (unpaired) electrons. The third-order valence-electron chi connectivity index (χ3n) is 5.06. The van der Waals surface area contributed by atoms with Gasteiger partial charge in [0.05, 0.1) is 24.1 Å². The van der Waals surface area contributed by atoms with Gasteiger partial charge < -0.3 is 25.6 Å². The highest BCUT2D eigenvalue weighted by atomic mass is 16.5. The Hall–Kier alpha value is -3.20. The van der Waals surface area contributed by atoms with Crippen LogP contribution in [0, 0.1) is 6.92 Å². The van der Waals surface area contributed by atoms with Gasteiger partial charge in [0.1, 0.15) is 18.1 Å². The normalized spacial score (nSPS) is 20.8. The van der Waals surface area contributed by atoms with Crippen molar-refractivity contribution in [3.63, 3.8) is 0 Å². The van der Waals surface area contributed by atoms with Crippen molar-refractivity contribution in [1.82, 2.24) is 9.55 Å². The van der Waals surface area contributed by atoms with Gasteiger partial charge in [-0.05, 0) is 31.2 Å².